The van der Waals surface area contributed by atoms with Crippen molar-refractivity contribution in [3.8, 4) is 34.0 Å². The minimum absolute atomic E-state index is 0.0172. The highest BCUT2D eigenvalue weighted by atomic mass is 32.1. The molecule has 0 unspecified atom stereocenters. The molecule has 1 N–H and O–H groups in total. The van der Waals surface area contributed by atoms with Gasteiger partial charge in [-0.3, -0.25) is 19.8 Å². The minimum Gasteiger partial charge on any atom is -0.497 e. The molecular formula is C34H25N3O3S. The molecule has 41 heavy (non-hydrogen) atoms. The summed E-state index contributed by atoms with van der Waals surface area (Å²) in [5.41, 5.74) is 5.91. The number of amides is 2. The van der Waals surface area contributed by atoms with Crippen LogP contribution in [0.5, 0.6) is 5.75 Å². The van der Waals surface area contributed by atoms with E-state index in [4.69, 9.17) is 17.0 Å². The van der Waals surface area contributed by atoms with E-state index >= 15 is 0 Å². The number of benzene rings is 4. The van der Waals surface area contributed by atoms with Crippen LogP contribution in [0.25, 0.3) is 34.3 Å². The zero-order chi connectivity index (χ0) is 28.3. The van der Waals surface area contributed by atoms with Gasteiger partial charge in [-0.25, -0.2) is 0 Å². The van der Waals surface area contributed by atoms with E-state index in [0.717, 1.165) is 33.8 Å². The van der Waals surface area contributed by atoms with Crippen LogP contribution in [-0.2, 0) is 9.59 Å². The number of methoxy groups -OCH3 is 1. The quantitative estimate of drug-likeness (QED) is 0.145. The molecule has 1 aromatic heterocycles. The predicted molar refractivity (Wildman–Crippen MR) is 166 cm³/mol. The Morgan fingerprint density at radius 1 is 0.732 bits per heavy atom. The SMILES string of the molecule is COc1ccc(N2C(=O)/C(=C\c3cc(-c4ccccc4)n(-c4ccccc4)c3-c3ccccc3)C(=O)NC2=S)cc1. The van der Waals surface area contributed by atoms with Gasteiger partial charge in [0.2, 0.25) is 0 Å². The summed E-state index contributed by atoms with van der Waals surface area (Å²) in [6.45, 7) is 0. The summed E-state index contributed by atoms with van der Waals surface area (Å²) in [6.07, 6.45) is 1.66. The summed E-state index contributed by atoms with van der Waals surface area (Å²) < 4.78 is 7.41. The predicted octanol–water partition coefficient (Wildman–Crippen LogP) is 6.65. The molecule has 2 heterocycles. The maximum atomic E-state index is 13.9. The van der Waals surface area contributed by atoms with Crippen LogP contribution in [0.1, 0.15) is 5.56 Å². The molecule has 5 aromatic rings. The van der Waals surface area contributed by atoms with Crippen molar-refractivity contribution in [2.24, 2.45) is 0 Å². The number of thiocarbonyl (C=S) groups is 1. The molecule has 6 nitrogen and oxygen atoms in total. The fraction of sp³-hybridized carbons (Fsp3) is 0.0294. The number of nitrogens with one attached hydrogen (secondary N) is 1. The summed E-state index contributed by atoms with van der Waals surface area (Å²) in [5, 5.41) is 2.72. The second-order valence-electron chi connectivity index (χ2n) is 9.39. The lowest BCUT2D eigenvalue weighted by Crippen LogP contribution is -2.54. The first kappa shape index (κ1) is 26.0. The number of aromatic nitrogens is 1. The van der Waals surface area contributed by atoms with E-state index in [-0.39, 0.29) is 10.7 Å². The molecule has 6 rings (SSSR count). The van der Waals surface area contributed by atoms with E-state index in [9.17, 15) is 9.59 Å². The lowest BCUT2D eigenvalue weighted by atomic mass is 10.0. The molecule has 0 aliphatic carbocycles. The van der Waals surface area contributed by atoms with E-state index in [0.29, 0.717) is 11.4 Å². The molecule has 200 valence electrons. The van der Waals surface area contributed by atoms with Gasteiger partial charge in [0.1, 0.15) is 11.3 Å². The Morgan fingerprint density at radius 3 is 1.93 bits per heavy atom. The molecule has 0 bridgehead atoms. The third kappa shape index (κ3) is 4.95. The largest absolute Gasteiger partial charge is 0.497 e. The molecule has 1 saturated heterocycles. The zero-order valence-corrected chi connectivity index (χ0v) is 23.0. The first-order valence-electron chi connectivity index (χ1n) is 13.0. The monoisotopic (exact) mass is 555 g/mol. The number of carbonyl (C=O) groups is 2. The van der Waals surface area contributed by atoms with Crippen molar-refractivity contribution < 1.29 is 14.3 Å². The standard InChI is InChI=1S/C34H25N3O3S/c1-40-28-19-17-27(18-20-28)37-33(39)29(32(38)35-34(37)41)21-25-22-30(23-11-5-2-6-12-23)36(26-15-9-4-10-16-26)31(25)24-13-7-3-8-14-24/h2-22H,1H3,(H,35,38,41)/b29-21-. The van der Waals surface area contributed by atoms with Crippen LogP contribution in [0.2, 0.25) is 0 Å². The molecule has 2 amide bonds. The van der Waals surface area contributed by atoms with Crippen LogP contribution in [0, 0.1) is 0 Å². The summed E-state index contributed by atoms with van der Waals surface area (Å²) in [7, 11) is 1.57. The van der Waals surface area contributed by atoms with Gasteiger partial charge < -0.3 is 9.30 Å². The maximum absolute atomic E-state index is 13.9. The average molecular weight is 556 g/mol. The molecular weight excluding hydrogens is 530 g/mol. The van der Waals surface area contributed by atoms with Crippen LogP contribution in [0.3, 0.4) is 0 Å². The fourth-order valence-electron chi connectivity index (χ4n) is 4.98. The second-order valence-corrected chi connectivity index (χ2v) is 9.78. The lowest BCUT2D eigenvalue weighted by molar-refractivity contribution is -0.122. The van der Waals surface area contributed by atoms with Crippen LogP contribution in [-0.4, -0.2) is 28.6 Å². The zero-order valence-electron chi connectivity index (χ0n) is 22.2. The number of anilines is 1. The molecule has 1 aliphatic rings. The molecule has 0 saturated carbocycles. The first-order valence-corrected chi connectivity index (χ1v) is 13.4. The van der Waals surface area contributed by atoms with Crippen molar-refractivity contribution in [2.75, 3.05) is 12.0 Å². The number of para-hydroxylation sites is 1. The summed E-state index contributed by atoms with van der Waals surface area (Å²) in [5.74, 6) is -0.402. The number of ether oxygens (including phenoxy) is 1. The molecule has 0 atom stereocenters. The number of nitrogens with zero attached hydrogens (tertiary/aromatic N) is 2. The van der Waals surface area contributed by atoms with Gasteiger partial charge in [-0.2, -0.15) is 0 Å². The number of hydrogen-bond donors (Lipinski definition) is 1. The minimum atomic E-state index is -0.544. The van der Waals surface area contributed by atoms with Gasteiger partial charge >= 0.3 is 0 Å². The van der Waals surface area contributed by atoms with E-state index in [2.05, 4.69) is 9.88 Å². The van der Waals surface area contributed by atoms with E-state index < -0.39 is 11.8 Å². The van der Waals surface area contributed by atoms with Crippen molar-refractivity contribution in [1.29, 1.82) is 0 Å². The molecule has 0 spiro atoms. The number of hydrogen-bond acceptors (Lipinski definition) is 4. The summed E-state index contributed by atoms with van der Waals surface area (Å²) >= 11 is 5.41. The highest BCUT2D eigenvalue weighted by Crippen LogP contribution is 2.37. The summed E-state index contributed by atoms with van der Waals surface area (Å²) in [4.78, 5) is 28.4. The van der Waals surface area contributed by atoms with Crippen molar-refractivity contribution in [2.45, 2.75) is 0 Å². The number of carbonyl (C=O) groups excluding carboxylic acids is 2. The highest BCUT2D eigenvalue weighted by Gasteiger charge is 2.35. The molecule has 1 aliphatic heterocycles. The van der Waals surface area contributed by atoms with Gasteiger partial charge in [0.05, 0.1) is 24.2 Å². The molecule has 7 heteroatoms. The van der Waals surface area contributed by atoms with Crippen molar-refractivity contribution in [1.82, 2.24) is 9.88 Å². The van der Waals surface area contributed by atoms with Gasteiger partial charge in [0.15, 0.2) is 5.11 Å². The van der Waals surface area contributed by atoms with Crippen LogP contribution < -0.4 is 15.0 Å². The van der Waals surface area contributed by atoms with Gasteiger partial charge in [-0.1, -0.05) is 78.9 Å². The lowest BCUT2D eigenvalue weighted by Gasteiger charge is -2.29. The van der Waals surface area contributed by atoms with Crippen molar-refractivity contribution >= 4 is 40.9 Å². The van der Waals surface area contributed by atoms with Gasteiger partial charge in [-0.05, 0) is 71.9 Å². The number of rotatable bonds is 6. The first-order chi connectivity index (χ1) is 20.0. The van der Waals surface area contributed by atoms with Crippen LogP contribution in [0.15, 0.2) is 127 Å². The van der Waals surface area contributed by atoms with Gasteiger partial charge in [-0.15, -0.1) is 0 Å². The maximum Gasteiger partial charge on any atom is 0.270 e. The smallest absolute Gasteiger partial charge is 0.270 e. The Labute approximate surface area is 243 Å². The van der Waals surface area contributed by atoms with E-state index in [1.165, 1.54) is 4.90 Å². The van der Waals surface area contributed by atoms with Gasteiger partial charge in [0, 0.05) is 11.3 Å². The molecule has 1 fully saturated rings. The Balaban J connectivity index is 1.57. The van der Waals surface area contributed by atoms with Gasteiger partial charge in [0.25, 0.3) is 11.8 Å². The Kier molecular flexibility index (Phi) is 7.02. The van der Waals surface area contributed by atoms with Crippen molar-refractivity contribution in [3.63, 3.8) is 0 Å². The third-order valence-electron chi connectivity index (χ3n) is 6.89. The van der Waals surface area contributed by atoms with Crippen LogP contribution in [0.4, 0.5) is 5.69 Å². The normalized spacial score (nSPS) is 14.3. The fourth-order valence-corrected chi connectivity index (χ4v) is 5.26. The molecule has 4 aromatic carbocycles. The summed E-state index contributed by atoms with van der Waals surface area (Å²) in [6, 6.07) is 39.0. The Bertz CT molecular complexity index is 1780. The Hall–Kier alpha value is -5.27. The molecule has 0 radical (unpaired) electrons. The highest BCUT2D eigenvalue weighted by molar-refractivity contribution is 7.80. The van der Waals surface area contributed by atoms with Crippen molar-refractivity contribution in [3.05, 3.63) is 132 Å². The third-order valence-corrected chi connectivity index (χ3v) is 7.18. The average Bonchev–Trinajstić information content (AvgIpc) is 3.40. The topological polar surface area (TPSA) is 63.6 Å². The van der Waals surface area contributed by atoms with E-state index in [1.807, 2.05) is 97.1 Å². The van der Waals surface area contributed by atoms with Crippen LogP contribution >= 0.6 is 12.2 Å². The second kappa shape index (κ2) is 11.1. The Morgan fingerprint density at radius 2 is 1.32 bits per heavy atom. The van der Waals surface area contributed by atoms with E-state index in [1.54, 1.807) is 37.5 Å².